The van der Waals surface area contributed by atoms with Crippen molar-refractivity contribution in [3.05, 3.63) is 101 Å². The molecule has 2 saturated heterocycles. The van der Waals surface area contributed by atoms with E-state index >= 15 is 0 Å². The van der Waals surface area contributed by atoms with E-state index in [1.807, 2.05) is 60.6 Å². The normalized spacial score (nSPS) is 15.1. The summed E-state index contributed by atoms with van der Waals surface area (Å²) >= 11 is 0. The van der Waals surface area contributed by atoms with Crippen molar-refractivity contribution in [2.24, 2.45) is 5.92 Å². The smallest absolute Gasteiger partial charge is 0.227 e. The molecule has 0 saturated carbocycles. The van der Waals surface area contributed by atoms with Gasteiger partial charge >= 0.3 is 0 Å². The van der Waals surface area contributed by atoms with Crippen LogP contribution in [0, 0.1) is 5.92 Å². The van der Waals surface area contributed by atoms with Crippen molar-refractivity contribution in [2.45, 2.75) is 39.1 Å². The van der Waals surface area contributed by atoms with Crippen LogP contribution in [0.3, 0.4) is 0 Å². The van der Waals surface area contributed by atoms with E-state index in [0.29, 0.717) is 69.4 Å². The number of anilines is 4. The first kappa shape index (κ1) is 37.3. The van der Waals surface area contributed by atoms with Gasteiger partial charge in [0.15, 0.2) is 6.29 Å². The van der Waals surface area contributed by atoms with Crippen molar-refractivity contribution in [1.82, 2.24) is 15.0 Å². The summed E-state index contributed by atoms with van der Waals surface area (Å²) in [6, 6.07) is 22.1. The van der Waals surface area contributed by atoms with Crippen LogP contribution in [0.25, 0.3) is 10.8 Å². The summed E-state index contributed by atoms with van der Waals surface area (Å²) in [5.41, 5.74) is 5.30. The lowest BCUT2D eigenvalue weighted by atomic mass is 9.93. The van der Waals surface area contributed by atoms with E-state index in [9.17, 15) is 8.42 Å². The third-order valence-electron chi connectivity index (χ3n) is 9.89. The number of ether oxygens (including phenoxy) is 4. The number of fused-ring (bicyclic) bond motifs is 1. The lowest BCUT2D eigenvalue weighted by Crippen LogP contribution is -2.49. The average molecular weight is 753 g/mol. The van der Waals surface area contributed by atoms with Gasteiger partial charge in [0.05, 0.1) is 31.6 Å². The zero-order chi connectivity index (χ0) is 37.8. The average Bonchev–Trinajstić information content (AvgIpc) is 3.68. The zero-order valence-electron chi connectivity index (χ0n) is 31.5. The number of nitrogens with zero attached hydrogens (tertiary/aromatic N) is 5. The minimum atomic E-state index is -3.01. The molecule has 2 fully saturated rings. The second kappa shape index (κ2) is 16.2. The lowest BCUT2D eigenvalue weighted by molar-refractivity contribution is -0.0464. The van der Waals surface area contributed by atoms with E-state index in [4.69, 9.17) is 28.9 Å². The highest BCUT2D eigenvalue weighted by atomic mass is 32.2. The van der Waals surface area contributed by atoms with Crippen molar-refractivity contribution in [3.63, 3.8) is 0 Å². The number of pyridine rings is 1. The number of hydrogen-bond acceptors (Lipinski definition) is 12. The number of rotatable bonds is 15. The molecule has 54 heavy (non-hydrogen) atoms. The molecule has 0 unspecified atom stereocenters. The van der Waals surface area contributed by atoms with Crippen LogP contribution in [0.4, 0.5) is 23.3 Å². The van der Waals surface area contributed by atoms with Crippen LogP contribution in [0.5, 0.6) is 11.5 Å². The van der Waals surface area contributed by atoms with Gasteiger partial charge in [0.1, 0.15) is 39.6 Å². The fourth-order valence-electron chi connectivity index (χ4n) is 7.12. The molecule has 0 aliphatic carbocycles. The molecule has 0 bridgehead atoms. The Morgan fingerprint density at radius 2 is 1.76 bits per heavy atom. The van der Waals surface area contributed by atoms with Gasteiger partial charge in [-0.15, -0.1) is 0 Å². The maximum absolute atomic E-state index is 11.8. The van der Waals surface area contributed by atoms with Crippen molar-refractivity contribution < 1.29 is 27.4 Å². The Morgan fingerprint density at radius 1 is 0.981 bits per heavy atom. The highest BCUT2D eigenvalue weighted by Gasteiger charge is 2.31. The van der Waals surface area contributed by atoms with Crippen LogP contribution in [0.1, 0.15) is 48.3 Å². The zero-order valence-corrected chi connectivity index (χ0v) is 32.3. The molecule has 1 N–H and O–H groups in total. The Bertz CT molecular complexity index is 2190. The topological polar surface area (TPSA) is 128 Å². The number of nitrogens with one attached hydrogen (secondary N) is 1. The van der Waals surface area contributed by atoms with Crippen LogP contribution < -0.4 is 24.6 Å². The van der Waals surface area contributed by atoms with Crippen LogP contribution in [0.2, 0.25) is 0 Å². The summed E-state index contributed by atoms with van der Waals surface area (Å²) in [5, 5.41) is 5.56. The van der Waals surface area contributed by atoms with Gasteiger partial charge < -0.3 is 34.1 Å². The molecule has 0 radical (unpaired) electrons. The standard InChI is InChI=1S/C41H48N6O6S/c1-27(2)32-13-14-35(47-23-29(24-47)26-54(5,48)49)34-22-43-38(21-33(32)34)44-37-15-17-42-41(45-37)46(3)18-16-30-7-6-8-36(39(30)40-51-19-20-52-40)53-25-28-9-11-31(50-4)12-10-28/h6-15,17,21-22,27,29,40H,16,18-20,23-26H2,1-5H3,(H,42,43,44,45). The molecule has 7 rings (SSSR count). The predicted molar refractivity (Wildman–Crippen MR) is 212 cm³/mol. The monoisotopic (exact) mass is 752 g/mol. The van der Waals surface area contributed by atoms with Crippen LogP contribution in [-0.2, 0) is 32.3 Å². The Labute approximate surface area is 317 Å². The van der Waals surface area contributed by atoms with Gasteiger partial charge in [-0.1, -0.05) is 44.2 Å². The second-order valence-corrected chi connectivity index (χ2v) is 16.6. The molecule has 2 aromatic heterocycles. The van der Waals surface area contributed by atoms with Crippen molar-refractivity contribution >= 4 is 43.9 Å². The molecule has 0 spiro atoms. The van der Waals surface area contributed by atoms with E-state index in [1.54, 1.807) is 13.3 Å². The molecule has 2 aliphatic rings. The first-order chi connectivity index (χ1) is 26.0. The van der Waals surface area contributed by atoms with Gasteiger partial charge in [-0.25, -0.2) is 18.4 Å². The molecule has 0 atom stereocenters. The highest BCUT2D eigenvalue weighted by molar-refractivity contribution is 7.90. The molecule has 13 heteroatoms. The number of likely N-dealkylation sites (N-methyl/N-ethyl adjacent to an activating group) is 1. The van der Waals surface area contributed by atoms with Gasteiger partial charge in [0.25, 0.3) is 0 Å². The van der Waals surface area contributed by atoms with Crippen LogP contribution in [0.15, 0.2) is 79.1 Å². The summed E-state index contributed by atoms with van der Waals surface area (Å²) in [6.07, 6.45) is 5.15. The first-order valence-corrected chi connectivity index (χ1v) is 20.4. The second-order valence-electron chi connectivity index (χ2n) is 14.4. The van der Waals surface area contributed by atoms with E-state index in [1.165, 1.54) is 11.8 Å². The third-order valence-corrected chi connectivity index (χ3v) is 11.0. The molecule has 4 heterocycles. The first-order valence-electron chi connectivity index (χ1n) is 18.3. The Morgan fingerprint density at radius 3 is 2.48 bits per heavy atom. The lowest BCUT2D eigenvalue weighted by Gasteiger charge is -2.41. The number of aromatic nitrogens is 3. The number of benzene rings is 3. The summed E-state index contributed by atoms with van der Waals surface area (Å²) in [5.74, 6) is 4.09. The van der Waals surface area contributed by atoms with E-state index < -0.39 is 16.1 Å². The Hall–Kier alpha value is -4.98. The molecule has 5 aromatic rings. The van der Waals surface area contributed by atoms with Gasteiger partial charge in [-0.3, -0.25) is 0 Å². The molecule has 12 nitrogen and oxygen atoms in total. The van der Waals surface area contributed by atoms with Gasteiger partial charge in [0.2, 0.25) is 5.95 Å². The number of sulfone groups is 1. The van der Waals surface area contributed by atoms with E-state index in [2.05, 4.69) is 53.3 Å². The summed E-state index contributed by atoms with van der Waals surface area (Å²) < 4.78 is 47.2. The van der Waals surface area contributed by atoms with Gasteiger partial charge in [-0.05, 0) is 70.8 Å². The predicted octanol–water partition coefficient (Wildman–Crippen LogP) is 6.68. The Balaban J connectivity index is 1.05. The van der Waals surface area contributed by atoms with Crippen LogP contribution >= 0.6 is 0 Å². The molecule has 2 aliphatic heterocycles. The minimum absolute atomic E-state index is 0.145. The Kier molecular flexibility index (Phi) is 11.2. The number of methoxy groups -OCH3 is 1. The van der Waals surface area contributed by atoms with E-state index in [0.717, 1.165) is 44.6 Å². The van der Waals surface area contributed by atoms with Crippen molar-refractivity contribution in [1.29, 1.82) is 0 Å². The molecular weight excluding hydrogens is 705 g/mol. The fraction of sp³-hybridized carbons (Fsp3) is 0.390. The molecular formula is C41H48N6O6S. The molecule has 284 valence electrons. The van der Waals surface area contributed by atoms with Gasteiger partial charge in [0, 0.05) is 62.3 Å². The molecule has 0 amide bonds. The SMILES string of the molecule is COc1ccc(COc2cccc(CCN(C)c3nccc(Nc4cc5c(C(C)C)ccc(N6CC(CS(C)(=O)=O)C6)c5cn4)n3)c2C2OCCO2)cc1. The van der Waals surface area contributed by atoms with Crippen molar-refractivity contribution in [3.8, 4) is 11.5 Å². The third kappa shape index (κ3) is 8.69. The van der Waals surface area contributed by atoms with E-state index in [-0.39, 0.29) is 11.7 Å². The summed E-state index contributed by atoms with van der Waals surface area (Å²) in [4.78, 5) is 18.5. The summed E-state index contributed by atoms with van der Waals surface area (Å²) in [7, 11) is 0.626. The molecule has 3 aromatic carbocycles. The van der Waals surface area contributed by atoms with Crippen molar-refractivity contribution in [2.75, 3.05) is 74.1 Å². The highest BCUT2D eigenvalue weighted by Crippen LogP contribution is 2.38. The maximum atomic E-state index is 11.8. The summed E-state index contributed by atoms with van der Waals surface area (Å²) in [6.45, 7) is 7.90. The quantitative estimate of drug-likeness (QED) is 0.123. The minimum Gasteiger partial charge on any atom is -0.497 e. The number of hydrogen-bond donors (Lipinski definition) is 1. The fourth-order valence-corrected chi connectivity index (χ4v) is 8.19. The van der Waals surface area contributed by atoms with Crippen LogP contribution in [-0.4, -0.2) is 82.4 Å². The largest absolute Gasteiger partial charge is 0.497 e. The van der Waals surface area contributed by atoms with Gasteiger partial charge in [-0.2, -0.15) is 4.98 Å². The maximum Gasteiger partial charge on any atom is 0.227 e.